The second-order valence-electron chi connectivity index (χ2n) is 8.99. The molecule has 0 amide bonds. The van der Waals surface area contributed by atoms with Gasteiger partial charge in [0.05, 0.1) is 27.3 Å². The maximum Gasteiger partial charge on any atom is 0.0822 e. The molecule has 0 spiro atoms. The Balaban J connectivity index is 1.71. The fourth-order valence-electron chi connectivity index (χ4n) is 5.25. The molecule has 170 valence electrons. The third kappa shape index (κ3) is 3.03. The maximum atomic E-state index is 5.32. The van der Waals surface area contributed by atoms with E-state index in [0.29, 0.717) is 0 Å². The number of pyridine rings is 3. The zero-order valence-electron chi connectivity index (χ0n) is 19.5. The first-order valence-electron chi connectivity index (χ1n) is 12.0. The Morgan fingerprint density at radius 2 is 0.861 bits per heavy atom. The van der Waals surface area contributed by atoms with E-state index in [1.807, 2.05) is 30.5 Å². The predicted octanol–water partition coefficient (Wildman–Crippen LogP) is 6.21. The average molecular weight is 480 g/mol. The summed E-state index contributed by atoms with van der Waals surface area (Å²) in [5, 5.41) is 6.83. The molecule has 3 heterocycles. The quantitative estimate of drug-likeness (QED) is 0.223. The molecule has 0 saturated heterocycles. The van der Waals surface area contributed by atoms with Crippen molar-refractivity contribution in [1.82, 2.24) is 15.0 Å². The summed E-state index contributed by atoms with van der Waals surface area (Å²) in [6.07, 6.45) is 6.87. The average Bonchev–Trinajstić information content (AvgIpc) is 2.96. The number of aromatic nitrogens is 3. The topological polar surface area (TPSA) is 38.7 Å². The number of hydrogen-bond donors (Lipinski definition) is 0. The van der Waals surface area contributed by atoms with E-state index in [1.54, 1.807) is 0 Å². The molecule has 4 aromatic carbocycles. The van der Waals surface area contributed by atoms with Crippen LogP contribution >= 0.6 is 6.89 Å². The standard InChI is InChI=1S/C32H22N3P/c1-36(30-20-10-11-21-33-30,31-26-16-4-2-12-22(26)24-14-6-8-18-28(24)34-31)32-27-17-5-3-13-23(27)25-15-7-9-19-29(25)35-32/h2-21H,1H2. The minimum Gasteiger partial charge on any atom is -0.256 e. The van der Waals surface area contributed by atoms with Crippen LogP contribution in [0.25, 0.3) is 43.4 Å². The lowest BCUT2D eigenvalue weighted by molar-refractivity contribution is 1.38. The Morgan fingerprint density at radius 3 is 1.33 bits per heavy atom. The van der Waals surface area contributed by atoms with Gasteiger partial charge in [-0.1, -0.05) is 97.3 Å². The number of para-hydroxylation sites is 2. The molecule has 0 bridgehead atoms. The Bertz CT molecular complexity index is 1860. The highest BCUT2D eigenvalue weighted by Gasteiger charge is 2.31. The van der Waals surface area contributed by atoms with Gasteiger partial charge in [-0.2, -0.15) is 0 Å². The molecule has 0 aliphatic carbocycles. The van der Waals surface area contributed by atoms with Crippen molar-refractivity contribution in [2.75, 3.05) is 0 Å². The highest BCUT2D eigenvalue weighted by Crippen LogP contribution is 2.45. The van der Waals surface area contributed by atoms with Crippen LogP contribution in [-0.4, -0.2) is 21.3 Å². The Labute approximate surface area is 209 Å². The van der Waals surface area contributed by atoms with Crippen molar-refractivity contribution in [2.45, 2.75) is 0 Å². The summed E-state index contributed by atoms with van der Waals surface area (Å²) >= 11 is 0. The van der Waals surface area contributed by atoms with Gasteiger partial charge < -0.3 is 0 Å². The van der Waals surface area contributed by atoms with E-state index in [9.17, 15) is 0 Å². The highest BCUT2D eigenvalue weighted by molar-refractivity contribution is 7.93. The van der Waals surface area contributed by atoms with E-state index >= 15 is 0 Å². The van der Waals surface area contributed by atoms with Crippen LogP contribution in [0, 0.1) is 0 Å². The molecule has 7 aromatic rings. The van der Waals surface area contributed by atoms with Crippen LogP contribution in [0.15, 0.2) is 121 Å². The van der Waals surface area contributed by atoms with Gasteiger partial charge in [0, 0.05) is 34.6 Å². The summed E-state index contributed by atoms with van der Waals surface area (Å²) in [7, 11) is 0. The summed E-state index contributed by atoms with van der Waals surface area (Å²) in [6, 6.07) is 39.8. The Morgan fingerprint density at radius 1 is 0.444 bits per heavy atom. The summed E-state index contributed by atoms with van der Waals surface area (Å²) in [5.41, 5.74) is 4.76. The molecule has 0 aliphatic heterocycles. The monoisotopic (exact) mass is 479 g/mol. The van der Waals surface area contributed by atoms with Crippen LogP contribution in [0.3, 0.4) is 0 Å². The molecule has 0 unspecified atom stereocenters. The van der Waals surface area contributed by atoms with Gasteiger partial charge >= 0.3 is 0 Å². The fourth-order valence-corrected chi connectivity index (χ4v) is 8.26. The Kier molecular flexibility index (Phi) is 4.73. The molecular weight excluding hydrogens is 457 g/mol. The predicted molar refractivity (Wildman–Crippen MR) is 156 cm³/mol. The van der Waals surface area contributed by atoms with Crippen molar-refractivity contribution in [3.8, 4) is 0 Å². The SMILES string of the molecule is C=P(c1ccccn1)(c1nc2ccccc2c2ccccc12)c1nc2ccccc2c2ccccc12. The van der Waals surface area contributed by atoms with Crippen molar-refractivity contribution < 1.29 is 0 Å². The van der Waals surface area contributed by atoms with Crippen LogP contribution in [-0.2, 0) is 0 Å². The largest absolute Gasteiger partial charge is 0.256 e. The molecule has 0 fully saturated rings. The van der Waals surface area contributed by atoms with Crippen molar-refractivity contribution >= 4 is 72.8 Å². The molecule has 36 heavy (non-hydrogen) atoms. The van der Waals surface area contributed by atoms with E-state index in [1.165, 1.54) is 10.8 Å². The smallest absolute Gasteiger partial charge is 0.0822 e. The summed E-state index contributed by atoms with van der Waals surface area (Å²) < 4.78 is 0. The van der Waals surface area contributed by atoms with Crippen molar-refractivity contribution in [3.63, 3.8) is 0 Å². The third-order valence-corrected chi connectivity index (χ3v) is 10.1. The second-order valence-corrected chi connectivity index (χ2v) is 11.9. The van der Waals surface area contributed by atoms with E-state index in [2.05, 4.69) is 91.0 Å². The van der Waals surface area contributed by atoms with Gasteiger partial charge in [-0.05, 0) is 35.0 Å². The van der Waals surface area contributed by atoms with Gasteiger partial charge in [-0.25, -0.2) is 9.97 Å². The van der Waals surface area contributed by atoms with Crippen LogP contribution in [0.5, 0.6) is 0 Å². The Hall–Kier alpha value is -4.33. The maximum absolute atomic E-state index is 5.32. The molecule has 7 rings (SSSR count). The number of fused-ring (bicyclic) bond motifs is 6. The lowest BCUT2D eigenvalue weighted by Crippen LogP contribution is -2.32. The molecule has 3 aromatic heterocycles. The lowest BCUT2D eigenvalue weighted by Gasteiger charge is -2.27. The number of nitrogens with zero attached hydrogens (tertiary/aromatic N) is 3. The van der Waals surface area contributed by atoms with Gasteiger partial charge in [0.2, 0.25) is 0 Å². The number of rotatable bonds is 3. The van der Waals surface area contributed by atoms with Gasteiger partial charge in [-0.15, -0.1) is 0 Å². The molecular formula is C32H22N3P. The van der Waals surface area contributed by atoms with E-state index in [-0.39, 0.29) is 0 Å². The molecule has 0 N–H and O–H groups in total. The highest BCUT2D eigenvalue weighted by atomic mass is 31.2. The zero-order chi connectivity index (χ0) is 24.1. The van der Waals surface area contributed by atoms with E-state index < -0.39 is 6.89 Å². The van der Waals surface area contributed by atoms with Gasteiger partial charge in [-0.3, -0.25) is 4.98 Å². The van der Waals surface area contributed by atoms with Crippen molar-refractivity contribution in [3.05, 3.63) is 121 Å². The first-order chi connectivity index (χ1) is 17.7. The van der Waals surface area contributed by atoms with Crippen LogP contribution in [0.1, 0.15) is 0 Å². The second kappa shape index (κ2) is 8.12. The number of benzene rings is 4. The van der Waals surface area contributed by atoms with Crippen molar-refractivity contribution in [2.24, 2.45) is 0 Å². The van der Waals surface area contributed by atoms with Crippen LogP contribution < -0.4 is 16.3 Å². The fraction of sp³-hybridized carbons (Fsp3) is 0. The lowest BCUT2D eigenvalue weighted by atomic mass is 10.1. The third-order valence-electron chi connectivity index (χ3n) is 6.94. The van der Waals surface area contributed by atoms with Gasteiger partial charge in [0.25, 0.3) is 0 Å². The van der Waals surface area contributed by atoms with Crippen molar-refractivity contribution in [1.29, 1.82) is 0 Å². The van der Waals surface area contributed by atoms with E-state index in [4.69, 9.17) is 21.3 Å². The summed E-state index contributed by atoms with van der Waals surface area (Å²) in [6.45, 7) is -2.61. The van der Waals surface area contributed by atoms with Crippen LogP contribution in [0.2, 0.25) is 0 Å². The normalized spacial score (nSPS) is 12.0. The minimum absolute atomic E-state index is 0.922. The minimum atomic E-state index is -2.61. The zero-order valence-corrected chi connectivity index (χ0v) is 20.4. The summed E-state index contributed by atoms with van der Waals surface area (Å²) in [5.74, 6) is 0. The molecule has 0 aliphatic rings. The first kappa shape index (κ1) is 21.0. The molecule has 0 saturated carbocycles. The van der Waals surface area contributed by atoms with Gasteiger partial charge in [0.1, 0.15) is 0 Å². The molecule has 0 radical (unpaired) electrons. The number of hydrogen-bond acceptors (Lipinski definition) is 3. The molecule has 3 nitrogen and oxygen atoms in total. The summed E-state index contributed by atoms with van der Waals surface area (Å²) in [4.78, 5) is 15.5. The van der Waals surface area contributed by atoms with Gasteiger partial charge in [0.15, 0.2) is 0 Å². The van der Waals surface area contributed by atoms with Crippen LogP contribution in [0.4, 0.5) is 0 Å². The van der Waals surface area contributed by atoms with E-state index in [0.717, 1.165) is 48.9 Å². The molecule has 4 heteroatoms. The molecule has 0 atom stereocenters. The first-order valence-corrected chi connectivity index (χ1v) is 13.9.